The standard InChI is InChI=1S/C19H25NO3/c1-3-22-18-11-7-10-17(13-20-12-15(2)21)19(18)23-14-16-8-5-4-6-9-16/h4-11,15,20-21H,3,12-14H2,1-2H3/p+1/t15-/m1/s1. The van der Waals surface area contributed by atoms with Crippen LogP contribution in [-0.2, 0) is 13.2 Å². The molecule has 0 saturated heterocycles. The fraction of sp³-hybridized carbons (Fsp3) is 0.368. The van der Waals surface area contributed by atoms with E-state index in [1.54, 1.807) is 6.92 Å². The molecule has 0 fully saturated rings. The summed E-state index contributed by atoms with van der Waals surface area (Å²) in [7, 11) is 0. The normalized spacial score (nSPS) is 12.0. The molecular formula is C19H26NO3+. The first kappa shape index (κ1) is 17.3. The first-order chi connectivity index (χ1) is 11.2. The van der Waals surface area contributed by atoms with Crippen LogP contribution in [-0.4, -0.2) is 24.4 Å². The zero-order chi connectivity index (χ0) is 16.5. The van der Waals surface area contributed by atoms with E-state index in [4.69, 9.17) is 9.47 Å². The number of quaternary nitrogens is 1. The van der Waals surface area contributed by atoms with Crippen molar-refractivity contribution in [3.8, 4) is 11.5 Å². The van der Waals surface area contributed by atoms with E-state index in [0.717, 1.165) is 29.2 Å². The van der Waals surface area contributed by atoms with Gasteiger partial charge in [0.2, 0.25) is 0 Å². The largest absolute Gasteiger partial charge is 0.490 e. The molecule has 0 aliphatic rings. The molecule has 0 bridgehead atoms. The number of rotatable bonds is 9. The minimum atomic E-state index is -0.321. The molecule has 2 rings (SSSR count). The molecule has 2 aromatic carbocycles. The highest BCUT2D eigenvalue weighted by molar-refractivity contribution is 5.46. The number of hydrogen-bond donors (Lipinski definition) is 2. The minimum absolute atomic E-state index is 0.321. The lowest BCUT2D eigenvalue weighted by Crippen LogP contribution is -2.84. The second-order valence-corrected chi connectivity index (χ2v) is 5.53. The Labute approximate surface area is 138 Å². The monoisotopic (exact) mass is 316 g/mol. The molecule has 1 atom stereocenters. The quantitative estimate of drug-likeness (QED) is 0.745. The van der Waals surface area contributed by atoms with Crippen molar-refractivity contribution < 1.29 is 19.9 Å². The molecule has 0 aromatic heterocycles. The summed E-state index contributed by atoms with van der Waals surface area (Å²) in [6.07, 6.45) is -0.321. The van der Waals surface area contributed by atoms with Gasteiger partial charge in [-0.2, -0.15) is 0 Å². The highest BCUT2D eigenvalue weighted by atomic mass is 16.5. The second-order valence-electron chi connectivity index (χ2n) is 5.53. The summed E-state index contributed by atoms with van der Waals surface area (Å²) in [6, 6.07) is 16.0. The molecule has 23 heavy (non-hydrogen) atoms. The summed E-state index contributed by atoms with van der Waals surface area (Å²) >= 11 is 0. The SMILES string of the molecule is CCOc1cccc(C[NH2+]C[C@@H](C)O)c1OCc1ccccc1. The lowest BCUT2D eigenvalue weighted by Gasteiger charge is -2.15. The van der Waals surface area contributed by atoms with Crippen LogP contribution in [0.4, 0.5) is 0 Å². The van der Waals surface area contributed by atoms with Crippen molar-refractivity contribution >= 4 is 0 Å². The van der Waals surface area contributed by atoms with Crippen molar-refractivity contribution in [3.05, 3.63) is 59.7 Å². The molecule has 0 amide bonds. The average Bonchev–Trinajstić information content (AvgIpc) is 2.55. The van der Waals surface area contributed by atoms with Crippen LogP contribution in [0.15, 0.2) is 48.5 Å². The van der Waals surface area contributed by atoms with Gasteiger partial charge >= 0.3 is 0 Å². The maximum absolute atomic E-state index is 9.40. The van der Waals surface area contributed by atoms with Crippen LogP contribution in [0.1, 0.15) is 25.0 Å². The molecule has 2 aromatic rings. The maximum atomic E-state index is 9.40. The minimum Gasteiger partial charge on any atom is -0.490 e. The Balaban J connectivity index is 2.12. The Morgan fingerprint density at radius 3 is 2.52 bits per heavy atom. The van der Waals surface area contributed by atoms with Gasteiger partial charge < -0.3 is 19.9 Å². The van der Waals surface area contributed by atoms with Gasteiger partial charge in [0.25, 0.3) is 0 Å². The molecule has 4 nitrogen and oxygen atoms in total. The van der Waals surface area contributed by atoms with E-state index in [9.17, 15) is 5.11 Å². The summed E-state index contributed by atoms with van der Waals surface area (Å²) in [4.78, 5) is 0. The topological polar surface area (TPSA) is 55.3 Å². The van der Waals surface area contributed by atoms with E-state index >= 15 is 0 Å². The Bertz CT molecular complexity index is 584. The molecule has 0 heterocycles. The van der Waals surface area contributed by atoms with E-state index in [-0.39, 0.29) is 6.10 Å². The van der Waals surface area contributed by atoms with Crippen LogP contribution in [0.2, 0.25) is 0 Å². The van der Waals surface area contributed by atoms with Crippen molar-refractivity contribution in [1.29, 1.82) is 0 Å². The van der Waals surface area contributed by atoms with Gasteiger partial charge in [-0.3, -0.25) is 0 Å². The summed E-state index contributed by atoms with van der Waals surface area (Å²) < 4.78 is 11.8. The summed E-state index contributed by atoms with van der Waals surface area (Å²) in [5.41, 5.74) is 2.20. The molecule has 0 saturated carbocycles. The Morgan fingerprint density at radius 1 is 1.04 bits per heavy atom. The zero-order valence-corrected chi connectivity index (χ0v) is 13.9. The first-order valence-corrected chi connectivity index (χ1v) is 8.11. The van der Waals surface area contributed by atoms with Gasteiger partial charge in [0.1, 0.15) is 19.7 Å². The van der Waals surface area contributed by atoms with E-state index in [1.165, 1.54) is 0 Å². The van der Waals surface area contributed by atoms with E-state index < -0.39 is 0 Å². The molecular weight excluding hydrogens is 290 g/mol. The Kier molecular flexibility index (Phi) is 6.91. The smallest absolute Gasteiger partial charge is 0.170 e. The van der Waals surface area contributed by atoms with Crippen LogP contribution in [0.25, 0.3) is 0 Å². The van der Waals surface area contributed by atoms with Crippen LogP contribution < -0.4 is 14.8 Å². The van der Waals surface area contributed by atoms with Gasteiger partial charge in [-0.1, -0.05) is 36.4 Å². The molecule has 4 heteroatoms. The van der Waals surface area contributed by atoms with Crippen molar-refractivity contribution in [3.63, 3.8) is 0 Å². The van der Waals surface area contributed by atoms with E-state index in [0.29, 0.717) is 19.8 Å². The predicted octanol–water partition coefficient (Wildman–Crippen LogP) is 2.11. The van der Waals surface area contributed by atoms with Crippen molar-refractivity contribution in [1.82, 2.24) is 0 Å². The predicted molar refractivity (Wildman–Crippen MR) is 90.6 cm³/mol. The fourth-order valence-electron chi connectivity index (χ4n) is 2.36. The van der Waals surface area contributed by atoms with Gasteiger partial charge in [0.05, 0.1) is 18.3 Å². The highest BCUT2D eigenvalue weighted by Gasteiger charge is 2.13. The van der Waals surface area contributed by atoms with Crippen molar-refractivity contribution in [2.24, 2.45) is 0 Å². The van der Waals surface area contributed by atoms with Gasteiger partial charge in [0, 0.05) is 0 Å². The third-order valence-corrected chi connectivity index (χ3v) is 3.46. The first-order valence-electron chi connectivity index (χ1n) is 8.11. The lowest BCUT2D eigenvalue weighted by molar-refractivity contribution is -0.676. The number of ether oxygens (including phenoxy) is 2. The van der Waals surface area contributed by atoms with E-state index in [1.807, 2.05) is 55.5 Å². The Morgan fingerprint density at radius 2 is 1.83 bits per heavy atom. The summed E-state index contributed by atoms with van der Waals surface area (Å²) in [5, 5.41) is 11.5. The highest BCUT2D eigenvalue weighted by Crippen LogP contribution is 2.31. The summed E-state index contributed by atoms with van der Waals surface area (Å²) in [5.74, 6) is 1.56. The number of para-hydroxylation sites is 1. The average molecular weight is 316 g/mol. The zero-order valence-electron chi connectivity index (χ0n) is 13.9. The van der Waals surface area contributed by atoms with Crippen LogP contribution in [0.3, 0.4) is 0 Å². The molecule has 0 unspecified atom stereocenters. The molecule has 0 aliphatic heterocycles. The molecule has 0 radical (unpaired) electrons. The maximum Gasteiger partial charge on any atom is 0.170 e. The Hall–Kier alpha value is -2.04. The van der Waals surface area contributed by atoms with Gasteiger partial charge in [-0.05, 0) is 31.5 Å². The number of aliphatic hydroxyl groups excluding tert-OH is 1. The van der Waals surface area contributed by atoms with Gasteiger partial charge in [-0.25, -0.2) is 0 Å². The molecule has 0 spiro atoms. The molecule has 124 valence electrons. The third-order valence-electron chi connectivity index (χ3n) is 3.46. The number of hydrogen-bond acceptors (Lipinski definition) is 3. The number of aliphatic hydroxyl groups is 1. The van der Waals surface area contributed by atoms with Crippen LogP contribution in [0, 0.1) is 0 Å². The van der Waals surface area contributed by atoms with Crippen LogP contribution >= 0.6 is 0 Å². The van der Waals surface area contributed by atoms with Crippen molar-refractivity contribution in [2.45, 2.75) is 33.1 Å². The molecule has 0 aliphatic carbocycles. The van der Waals surface area contributed by atoms with Crippen LogP contribution in [0.5, 0.6) is 11.5 Å². The molecule has 3 N–H and O–H groups in total. The van der Waals surface area contributed by atoms with Crippen molar-refractivity contribution in [2.75, 3.05) is 13.2 Å². The second kappa shape index (κ2) is 9.18. The number of nitrogens with two attached hydrogens (primary N) is 1. The van der Waals surface area contributed by atoms with Gasteiger partial charge in [-0.15, -0.1) is 0 Å². The van der Waals surface area contributed by atoms with E-state index in [2.05, 4.69) is 5.32 Å². The number of benzene rings is 2. The summed E-state index contributed by atoms with van der Waals surface area (Å²) in [6.45, 7) is 6.27. The third kappa shape index (κ3) is 5.58. The fourth-order valence-corrected chi connectivity index (χ4v) is 2.36. The van der Waals surface area contributed by atoms with Gasteiger partial charge in [0.15, 0.2) is 11.5 Å². The lowest BCUT2D eigenvalue weighted by atomic mass is 10.1.